The van der Waals surface area contributed by atoms with E-state index in [0.717, 1.165) is 5.69 Å². The fourth-order valence-corrected chi connectivity index (χ4v) is 1.25. The number of nitrogen functional groups attached to an aromatic ring is 1. The lowest BCUT2D eigenvalue weighted by Crippen LogP contribution is -2.30. The number of carbonyl (C=O) groups excluding carboxylic acids is 1. The monoisotopic (exact) mass is 208 g/mol. The predicted molar refractivity (Wildman–Crippen MR) is 59.4 cm³/mol. The molecule has 0 aliphatic heterocycles. The third kappa shape index (κ3) is 3.21. The Hall–Kier alpha value is -1.62. The first kappa shape index (κ1) is 11.5. The molecule has 0 radical (unpaired) electrons. The van der Waals surface area contributed by atoms with Crippen molar-refractivity contribution in [3.8, 4) is 0 Å². The number of rotatable bonds is 3. The summed E-state index contributed by atoms with van der Waals surface area (Å²) in [5.41, 5.74) is 3.38. The zero-order valence-corrected chi connectivity index (χ0v) is 9.16. The highest BCUT2D eigenvalue weighted by Gasteiger charge is 2.07. The van der Waals surface area contributed by atoms with Gasteiger partial charge in [0.2, 0.25) is 0 Å². The molecule has 4 N–H and O–H groups in total. The molecule has 1 aromatic heterocycles. The molecule has 0 spiro atoms. The van der Waals surface area contributed by atoms with Crippen LogP contribution in [0, 0.1) is 6.92 Å². The van der Waals surface area contributed by atoms with E-state index >= 15 is 0 Å². The summed E-state index contributed by atoms with van der Waals surface area (Å²) in [6.45, 7) is 5.85. The van der Waals surface area contributed by atoms with Crippen molar-refractivity contribution in [2.75, 3.05) is 5.32 Å². The maximum Gasteiger partial charge on any atom is 0.265 e. The molecule has 0 fully saturated rings. The van der Waals surface area contributed by atoms with Gasteiger partial charge in [-0.05, 0) is 32.9 Å². The summed E-state index contributed by atoms with van der Waals surface area (Å²) in [7, 11) is 0. The van der Waals surface area contributed by atoms with Gasteiger partial charge in [0.1, 0.15) is 5.82 Å². The second-order valence-corrected chi connectivity index (χ2v) is 3.65. The highest BCUT2D eigenvalue weighted by molar-refractivity contribution is 5.94. The highest BCUT2D eigenvalue weighted by Crippen LogP contribution is 2.10. The van der Waals surface area contributed by atoms with Crippen LogP contribution in [0.2, 0.25) is 0 Å². The van der Waals surface area contributed by atoms with Gasteiger partial charge in [-0.1, -0.05) is 0 Å². The summed E-state index contributed by atoms with van der Waals surface area (Å²) in [6, 6.07) is 3.64. The van der Waals surface area contributed by atoms with Crippen molar-refractivity contribution in [1.29, 1.82) is 0 Å². The van der Waals surface area contributed by atoms with Gasteiger partial charge >= 0.3 is 0 Å². The van der Waals surface area contributed by atoms with Gasteiger partial charge in [0.05, 0.1) is 0 Å². The Morgan fingerprint density at radius 1 is 1.47 bits per heavy atom. The molecule has 5 heteroatoms. The third-order valence-corrected chi connectivity index (χ3v) is 1.78. The van der Waals surface area contributed by atoms with Gasteiger partial charge in [0.25, 0.3) is 5.91 Å². The van der Waals surface area contributed by atoms with Gasteiger partial charge in [0, 0.05) is 17.3 Å². The van der Waals surface area contributed by atoms with Crippen molar-refractivity contribution in [2.45, 2.75) is 26.8 Å². The van der Waals surface area contributed by atoms with Crippen LogP contribution >= 0.6 is 0 Å². The number of hydrogen-bond donors (Lipinski definition) is 3. The Morgan fingerprint density at radius 2 is 2.13 bits per heavy atom. The number of hydrazine groups is 1. The zero-order chi connectivity index (χ0) is 11.4. The van der Waals surface area contributed by atoms with E-state index in [-0.39, 0.29) is 11.9 Å². The van der Waals surface area contributed by atoms with E-state index in [1.165, 1.54) is 0 Å². The van der Waals surface area contributed by atoms with Crippen LogP contribution in [0.25, 0.3) is 0 Å². The Kier molecular flexibility index (Phi) is 3.62. The van der Waals surface area contributed by atoms with Crippen LogP contribution in [0.3, 0.4) is 0 Å². The largest absolute Gasteiger partial charge is 0.368 e. The molecule has 0 aliphatic rings. The number of anilines is 1. The number of nitrogens with zero attached hydrogens (tertiary/aromatic N) is 1. The van der Waals surface area contributed by atoms with E-state index in [1.807, 2.05) is 20.8 Å². The van der Waals surface area contributed by atoms with E-state index in [4.69, 9.17) is 5.84 Å². The summed E-state index contributed by atoms with van der Waals surface area (Å²) in [5.74, 6) is 5.44. The molecule has 82 valence electrons. The fraction of sp³-hybridized carbons (Fsp3) is 0.400. The van der Waals surface area contributed by atoms with E-state index in [2.05, 4.69) is 15.7 Å². The van der Waals surface area contributed by atoms with Crippen molar-refractivity contribution >= 4 is 11.7 Å². The molecular weight excluding hydrogens is 192 g/mol. The number of aromatic nitrogens is 1. The Morgan fingerprint density at radius 3 is 2.67 bits per heavy atom. The lowest BCUT2D eigenvalue weighted by Gasteiger charge is -2.11. The summed E-state index contributed by atoms with van der Waals surface area (Å²) >= 11 is 0. The van der Waals surface area contributed by atoms with Crippen molar-refractivity contribution < 1.29 is 4.79 Å². The SMILES string of the molecule is Cc1cc(C(=O)NN)cc(NC(C)C)n1. The number of nitrogens with one attached hydrogen (secondary N) is 2. The maximum atomic E-state index is 11.3. The fourth-order valence-electron chi connectivity index (χ4n) is 1.25. The second kappa shape index (κ2) is 4.75. The Bertz CT molecular complexity index is 362. The normalized spacial score (nSPS) is 10.2. The highest BCUT2D eigenvalue weighted by atomic mass is 16.2. The summed E-state index contributed by atoms with van der Waals surface area (Å²) in [6.07, 6.45) is 0. The van der Waals surface area contributed by atoms with Gasteiger partial charge in [-0.25, -0.2) is 10.8 Å². The van der Waals surface area contributed by atoms with Crippen LogP contribution in [0.15, 0.2) is 12.1 Å². The minimum atomic E-state index is -0.313. The molecule has 0 atom stereocenters. The van der Waals surface area contributed by atoms with Crippen LogP contribution in [0.4, 0.5) is 5.82 Å². The molecule has 0 aliphatic carbocycles. The van der Waals surface area contributed by atoms with Gasteiger partial charge in [0.15, 0.2) is 0 Å². The smallest absolute Gasteiger partial charge is 0.265 e. The van der Waals surface area contributed by atoms with Crippen LogP contribution in [-0.2, 0) is 0 Å². The molecule has 0 saturated carbocycles. The molecule has 1 rings (SSSR count). The predicted octanol–water partition coefficient (Wildman–Crippen LogP) is 0.814. The van der Waals surface area contributed by atoms with Crippen LogP contribution in [0.1, 0.15) is 29.9 Å². The number of nitrogens with two attached hydrogens (primary N) is 1. The summed E-state index contributed by atoms with van der Waals surface area (Å²) < 4.78 is 0. The zero-order valence-electron chi connectivity index (χ0n) is 9.16. The van der Waals surface area contributed by atoms with Crippen LogP contribution in [0.5, 0.6) is 0 Å². The maximum absolute atomic E-state index is 11.3. The average Bonchev–Trinajstić information content (AvgIpc) is 2.14. The van der Waals surface area contributed by atoms with Crippen molar-refractivity contribution in [3.63, 3.8) is 0 Å². The first-order valence-corrected chi connectivity index (χ1v) is 4.79. The molecule has 0 unspecified atom stereocenters. The first-order valence-electron chi connectivity index (χ1n) is 4.79. The van der Waals surface area contributed by atoms with E-state index in [0.29, 0.717) is 11.4 Å². The second-order valence-electron chi connectivity index (χ2n) is 3.65. The number of hydrogen-bond acceptors (Lipinski definition) is 4. The van der Waals surface area contributed by atoms with E-state index in [1.54, 1.807) is 12.1 Å². The van der Waals surface area contributed by atoms with Gasteiger partial charge in [-0.15, -0.1) is 0 Å². The number of carbonyl (C=O) groups is 1. The van der Waals surface area contributed by atoms with Crippen molar-refractivity contribution in [3.05, 3.63) is 23.4 Å². The Balaban J connectivity index is 2.99. The van der Waals surface area contributed by atoms with Crippen LogP contribution < -0.4 is 16.6 Å². The van der Waals surface area contributed by atoms with Crippen molar-refractivity contribution in [1.82, 2.24) is 10.4 Å². The van der Waals surface area contributed by atoms with Gasteiger partial charge in [-0.2, -0.15) is 0 Å². The molecule has 1 heterocycles. The number of aryl methyl sites for hydroxylation is 1. The van der Waals surface area contributed by atoms with E-state index < -0.39 is 0 Å². The van der Waals surface area contributed by atoms with Crippen LogP contribution in [-0.4, -0.2) is 16.9 Å². The lowest BCUT2D eigenvalue weighted by atomic mass is 10.2. The summed E-state index contributed by atoms with van der Waals surface area (Å²) in [4.78, 5) is 15.6. The molecule has 0 bridgehead atoms. The van der Waals surface area contributed by atoms with Gasteiger partial charge in [-0.3, -0.25) is 10.2 Å². The molecule has 1 aromatic rings. The molecule has 1 amide bonds. The summed E-state index contributed by atoms with van der Waals surface area (Å²) in [5, 5.41) is 3.13. The topological polar surface area (TPSA) is 80.0 Å². The molecular formula is C10H16N4O. The minimum absolute atomic E-state index is 0.271. The lowest BCUT2D eigenvalue weighted by molar-refractivity contribution is 0.0953. The quantitative estimate of drug-likeness (QED) is 0.390. The van der Waals surface area contributed by atoms with Gasteiger partial charge < -0.3 is 5.32 Å². The first-order chi connectivity index (χ1) is 7.02. The molecule has 5 nitrogen and oxygen atoms in total. The average molecular weight is 208 g/mol. The molecule has 15 heavy (non-hydrogen) atoms. The number of amides is 1. The van der Waals surface area contributed by atoms with E-state index in [9.17, 15) is 4.79 Å². The minimum Gasteiger partial charge on any atom is -0.368 e. The third-order valence-electron chi connectivity index (χ3n) is 1.78. The Labute approximate surface area is 89.0 Å². The molecule has 0 saturated heterocycles. The standard InChI is InChI=1S/C10H16N4O/c1-6(2)12-9-5-8(10(15)14-11)4-7(3)13-9/h4-6H,11H2,1-3H3,(H,12,13)(H,14,15). The number of pyridine rings is 1. The van der Waals surface area contributed by atoms with Crippen molar-refractivity contribution in [2.24, 2.45) is 5.84 Å². The molecule has 0 aromatic carbocycles.